The number of nitrogens with one attached hydrogen (secondary N) is 2. The van der Waals surface area contributed by atoms with Gasteiger partial charge in [0.25, 0.3) is 0 Å². The second-order valence-corrected chi connectivity index (χ2v) is 8.91. The third-order valence-electron chi connectivity index (χ3n) is 6.48. The molecule has 3 fully saturated rings. The summed E-state index contributed by atoms with van der Waals surface area (Å²) in [4.78, 5) is 30.3. The molecule has 3 aliphatic rings. The lowest BCUT2D eigenvalue weighted by molar-refractivity contribution is -0.139. The Hall–Kier alpha value is -1.14. The summed E-state index contributed by atoms with van der Waals surface area (Å²) in [6.45, 7) is 9.61. The van der Waals surface area contributed by atoms with Crippen LogP contribution in [0.5, 0.6) is 0 Å². The number of carbonyl (C=O) groups excluding carboxylic acids is 2. The molecule has 3 heterocycles. The van der Waals surface area contributed by atoms with E-state index in [9.17, 15) is 9.59 Å². The van der Waals surface area contributed by atoms with Gasteiger partial charge in [-0.15, -0.1) is 0 Å². The summed E-state index contributed by atoms with van der Waals surface area (Å²) in [5, 5.41) is 5.96. The van der Waals surface area contributed by atoms with Crippen molar-refractivity contribution in [3.8, 4) is 0 Å². The Labute approximate surface area is 158 Å². The number of rotatable bonds is 5. The highest BCUT2D eigenvalue weighted by Gasteiger charge is 2.48. The normalized spacial score (nSPS) is 33.6. The fourth-order valence-corrected chi connectivity index (χ4v) is 5.07. The van der Waals surface area contributed by atoms with E-state index >= 15 is 0 Å². The van der Waals surface area contributed by atoms with Gasteiger partial charge in [0.2, 0.25) is 11.8 Å². The standard InChI is InChI=1S/C20H36N4O2/c1-13(2)11-23-9-8-15-10-16-6-5-7-17(22-19(25)14(3)21-4)20(26)24(16)18(15)12-23/h13-18,21H,5-12H2,1-4H3,(H,22,25)/t14-,15+,16-,17-,18+/m0/s1. The lowest BCUT2D eigenvalue weighted by Crippen LogP contribution is -2.57. The van der Waals surface area contributed by atoms with Crippen molar-refractivity contribution in [2.45, 2.75) is 77.0 Å². The highest BCUT2D eigenvalue weighted by Crippen LogP contribution is 2.39. The van der Waals surface area contributed by atoms with Gasteiger partial charge in [0.15, 0.2) is 0 Å². The zero-order chi connectivity index (χ0) is 18.8. The summed E-state index contributed by atoms with van der Waals surface area (Å²) in [6, 6.07) is 0.0752. The molecule has 26 heavy (non-hydrogen) atoms. The summed E-state index contributed by atoms with van der Waals surface area (Å²) < 4.78 is 0. The van der Waals surface area contributed by atoms with E-state index in [-0.39, 0.29) is 23.9 Å². The molecular formula is C20H36N4O2. The number of amides is 2. The maximum atomic E-state index is 13.3. The van der Waals surface area contributed by atoms with Crippen LogP contribution in [-0.4, -0.2) is 72.5 Å². The van der Waals surface area contributed by atoms with Crippen LogP contribution in [0.15, 0.2) is 0 Å². The summed E-state index contributed by atoms with van der Waals surface area (Å²) in [5.41, 5.74) is 0. The van der Waals surface area contributed by atoms with Gasteiger partial charge in [0.1, 0.15) is 6.04 Å². The first-order valence-corrected chi connectivity index (χ1v) is 10.4. The van der Waals surface area contributed by atoms with Crippen molar-refractivity contribution in [3.63, 3.8) is 0 Å². The molecule has 0 bridgehead atoms. The number of piperidine rings is 1. The number of likely N-dealkylation sites (N-methyl/N-ethyl adjacent to an activating group) is 1. The third-order valence-corrected chi connectivity index (χ3v) is 6.48. The van der Waals surface area contributed by atoms with Crippen LogP contribution in [0.3, 0.4) is 0 Å². The van der Waals surface area contributed by atoms with E-state index in [1.54, 1.807) is 7.05 Å². The first-order valence-electron chi connectivity index (χ1n) is 10.4. The van der Waals surface area contributed by atoms with Gasteiger partial charge in [-0.1, -0.05) is 13.8 Å². The fraction of sp³-hybridized carbons (Fsp3) is 0.900. The molecule has 0 aromatic carbocycles. The van der Waals surface area contributed by atoms with Crippen LogP contribution >= 0.6 is 0 Å². The van der Waals surface area contributed by atoms with Crippen molar-refractivity contribution >= 4 is 11.8 Å². The molecule has 6 nitrogen and oxygen atoms in total. The Morgan fingerprint density at radius 3 is 2.69 bits per heavy atom. The molecule has 6 heteroatoms. The van der Waals surface area contributed by atoms with Crippen molar-refractivity contribution in [2.75, 3.05) is 26.7 Å². The van der Waals surface area contributed by atoms with Gasteiger partial charge in [0, 0.05) is 25.2 Å². The lowest BCUT2D eigenvalue weighted by Gasteiger charge is -2.40. The molecule has 3 aliphatic heterocycles. The average molecular weight is 365 g/mol. The molecule has 0 spiro atoms. The van der Waals surface area contributed by atoms with Gasteiger partial charge in [-0.3, -0.25) is 9.59 Å². The summed E-state index contributed by atoms with van der Waals surface area (Å²) in [7, 11) is 1.77. The molecule has 3 rings (SSSR count). The summed E-state index contributed by atoms with van der Waals surface area (Å²) in [6.07, 6.45) is 5.21. The number of likely N-dealkylation sites (tertiary alicyclic amines) is 1. The van der Waals surface area contributed by atoms with Crippen LogP contribution in [0.2, 0.25) is 0 Å². The van der Waals surface area contributed by atoms with Crippen molar-refractivity contribution < 1.29 is 9.59 Å². The van der Waals surface area contributed by atoms with E-state index < -0.39 is 0 Å². The predicted molar refractivity (Wildman–Crippen MR) is 103 cm³/mol. The van der Waals surface area contributed by atoms with Crippen LogP contribution in [0, 0.1) is 11.8 Å². The van der Waals surface area contributed by atoms with E-state index in [1.165, 1.54) is 6.42 Å². The highest BCUT2D eigenvalue weighted by atomic mass is 16.2. The summed E-state index contributed by atoms with van der Waals surface area (Å²) >= 11 is 0. The molecule has 0 aromatic heterocycles. The van der Waals surface area contributed by atoms with Crippen LogP contribution in [0.25, 0.3) is 0 Å². The van der Waals surface area contributed by atoms with Crippen LogP contribution < -0.4 is 10.6 Å². The minimum atomic E-state index is -0.359. The van der Waals surface area contributed by atoms with Crippen LogP contribution in [0.4, 0.5) is 0 Å². The molecule has 5 atom stereocenters. The van der Waals surface area contributed by atoms with E-state index in [0.29, 0.717) is 23.9 Å². The van der Waals surface area contributed by atoms with Crippen molar-refractivity contribution in [1.82, 2.24) is 20.4 Å². The number of carbonyl (C=O) groups is 2. The molecular weight excluding hydrogens is 328 g/mol. The van der Waals surface area contributed by atoms with Crippen molar-refractivity contribution in [3.05, 3.63) is 0 Å². The van der Waals surface area contributed by atoms with E-state index in [0.717, 1.165) is 45.3 Å². The first-order chi connectivity index (χ1) is 12.4. The Balaban J connectivity index is 1.71. The number of nitrogens with zero attached hydrogens (tertiary/aromatic N) is 2. The number of hydrogen-bond donors (Lipinski definition) is 2. The van der Waals surface area contributed by atoms with Gasteiger partial charge < -0.3 is 20.4 Å². The van der Waals surface area contributed by atoms with Gasteiger partial charge in [-0.05, 0) is 64.5 Å². The quantitative estimate of drug-likeness (QED) is 0.770. The average Bonchev–Trinajstić information content (AvgIpc) is 2.88. The van der Waals surface area contributed by atoms with E-state index in [1.807, 2.05) is 6.92 Å². The maximum Gasteiger partial charge on any atom is 0.245 e. The zero-order valence-corrected chi connectivity index (χ0v) is 16.8. The molecule has 0 radical (unpaired) electrons. The van der Waals surface area contributed by atoms with Gasteiger partial charge >= 0.3 is 0 Å². The molecule has 0 aromatic rings. The highest BCUT2D eigenvalue weighted by molar-refractivity contribution is 5.90. The van der Waals surface area contributed by atoms with E-state index in [2.05, 4.69) is 34.3 Å². The smallest absolute Gasteiger partial charge is 0.245 e. The van der Waals surface area contributed by atoms with Crippen molar-refractivity contribution in [2.24, 2.45) is 11.8 Å². The number of hydrogen-bond acceptors (Lipinski definition) is 4. The minimum absolute atomic E-state index is 0.0786. The molecule has 2 amide bonds. The Morgan fingerprint density at radius 1 is 1.23 bits per heavy atom. The van der Waals surface area contributed by atoms with Gasteiger partial charge in [-0.2, -0.15) is 0 Å². The van der Waals surface area contributed by atoms with E-state index in [4.69, 9.17) is 0 Å². The fourth-order valence-electron chi connectivity index (χ4n) is 5.07. The molecule has 0 aliphatic carbocycles. The van der Waals surface area contributed by atoms with Crippen LogP contribution in [-0.2, 0) is 9.59 Å². The second-order valence-electron chi connectivity index (χ2n) is 8.91. The Kier molecular flexibility index (Phi) is 6.23. The SMILES string of the molecule is CN[C@@H](C)C(=O)N[C@H]1CCC[C@H]2C[C@H]3CCN(CC(C)C)C[C@H]3N2C1=O. The molecule has 2 N–H and O–H groups in total. The Bertz CT molecular complexity index is 524. The second kappa shape index (κ2) is 8.26. The molecule has 3 saturated heterocycles. The molecule has 148 valence electrons. The molecule has 0 unspecified atom stereocenters. The number of fused-ring (bicyclic) bond motifs is 3. The maximum absolute atomic E-state index is 13.3. The molecule has 0 saturated carbocycles. The lowest BCUT2D eigenvalue weighted by atomic mass is 9.89. The zero-order valence-electron chi connectivity index (χ0n) is 16.8. The minimum Gasteiger partial charge on any atom is -0.343 e. The summed E-state index contributed by atoms with van der Waals surface area (Å²) in [5.74, 6) is 1.37. The largest absolute Gasteiger partial charge is 0.343 e. The van der Waals surface area contributed by atoms with Crippen molar-refractivity contribution in [1.29, 1.82) is 0 Å². The van der Waals surface area contributed by atoms with Gasteiger partial charge in [-0.25, -0.2) is 0 Å². The first kappa shape index (κ1) is 19.6. The van der Waals surface area contributed by atoms with Gasteiger partial charge in [0.05, 0.1) is 6.04 Å². The topological polar surface area (TPSA) is 64.7 Å². The van der Waals surface area contributed by atoms with Crippen LogP contribution in [0.1, 0.15) is 52.9 Å². The predicted octanol–water partition coefficient (Wildman–Crippen LogP) is 1.21. The third kappa shape index (κ3) is 4.06. The monoisotopic (exact) mass is 364 g/mol. The Morgan fingerprint density at radius 2 is 2.00 bits per heavy atom.